The molecule has 0 fully saturated rings. The fraction of sp³-hybridized carbons (Fsp3) is 0.412. The van der Waals surface area contributed by atoms with Crippen molar-refractivity contribution in [3.05, 3.63) is 29.2 Å². The second kappa shape index (κ2) is 8.50. The fourth-order valence-corrected chi connectivity index (χ4v) is 4.37. The second-order valence-corrected chi connectivity index (χ2v) is 8.18. The molecule has 0 saturated heterocycles. The number of carbonyl (C=O) groups is 2. The summed E-state index contributed by atoms with van der Waals surface area (Å²) in [6.45, 7) is 6.04. The fourth-order valence-electron chi connectivity index (χ4n) is 2.68. The van der Waals surface area contributed by atoms with E-state index in [1.807, 2.05) is 0 Å². The molecule has 2 N–H and O–H groups in total. The number of nitrogens with one attached hydrogen (secondary N) is 2. The first-order valence-corrected chi connectivity index (χ1v) is 10.1. The highest BCUT2D eigenvalue weighted by Crippen LogP contribution is 2.37. The molecule has 1 aliphatic carbocycles. The van der Waals surface area contributed by atoms with Gasteiger partial charge in [-0.2, -0.15) is 0 Å². The van der Waals surface area contributed by atoms with E-state index in [2.05, 4.69) is 40.4 Å². The lowest BCUT2D eigenvalue weighted by molar-refractivity contribution is -0.117. The van der Waals surface area contributed by atoms with E-state index in [4.69, 9.17) is 4.42 Å². The van der Waals surface area contributed by atoms with Crippen LogP contribution in [-0.2, 0) is 17.6 Å². The maximum absolute atomic E-state index is 11.7. The molecule has 1 atom stereocenters. The summed E-state index contributed by atoms with van der Waals surface area (Å²) in [6.07, 6.45) is 4.94. The van der Waals surface area contributed by atoms with E-state index in [1.54, 1.807) is 11.3 Å². The number of amides is 3. The summed E-state index contributed by atoms with van der Waals surface area (Å²) >= 11 is 2.80. The Morgan fingerprint density at radius 2 is 2.35 bits per heavy atom. The summed E-state index contributed by atoms with van der Waals surface area (Å²) in [6, 6.07) is 1.58. The zero-order valence-corrected chi connectivity index (χ0v) is 16.0. The van der Waals surface area contributed by atoms with Crippen LogP contribution in [0.3, 0.4) is 0 Å². The standard InChI is InChI=1S/C17H20N4O3S2/c1-3-6-18-16(23)19-14(22)9-25-17-21-20-15(24-17)13-8-11-7-10(2)4-5-12(11)26-13/h3,8,10H,1,4-7,9H2,2H3,(H2,18,19,22,23)/t10-/m0/s1. The predicted octanol–water partition coefficient (Wildman–Crippen LogP) is 3.03. The van der Waals surface area contributed by atoms with Crippen LogP contribution in [0.2, 0.25) is 0 Å². The molecule has 7 nitrogen and oxygen atoms in total. The monoisotopic (exact) mass is 392 g/mol. The molecule has 0 saturated carbocycles. The van der Waals surface area contributed by atoms with Gasteiger partial charge in [0.15, 0.2) is 0 Å². The van der Waals surface area contributed by atoms with Gasteiger partial charge in [-0.3, -0.25) is 10.1 Å². The van der Waals surface area contributed by atoms with Gasteiger partial charge in [0.05, 0.1) is 10.6 Å². The van der Waals surface area contributed by atoms with E-state index in [0.717, 1.165) is 29.5 Å². The largest absolute Gasteiger partial charge is 0.410 e. The number of hydrogen-bond donors (Lipinski definition) is 2. The highest BCUT2D eigenvalue weighted by molar-refractivity contribution is 7.99. The zero-order valence-electron chi connectivity index (χ0n) is 14.4. The minimum atomic E-state index is -0.555. The number of hydrogen-bond acceptors (Lipinski definition) is 7. The van der Waals surface area contributed by atoms with Gasteiger partial charge in [0.1, 0.15) is 0 Å². The average Bonchev–Trinajstić information content (AvgIpc) is 3.24. The first kappa shape index (κ1) is 18.7. The Morgan fingerprint density at radius 3 is 3.15 bits per heavy atom. The summed E-state index contributed by atoms with van der Waals surface area (Å²) in [5, 5.41) is 13.0. The number of urea groups is 1. The van der Waals surface area contributed by atoms with Crippen LogP contribution in [0.5, 0.6) is 0 Å². The van der Waals surface area contributed by atoms with Crippen molar-refractivity contribution < 1.29 is 14.0 Å². The van der Waals surface area contributed by atoms with Crippen LogP contribution in [0, 0.1) is 5.92 Å². The molecule has 0 radical (unpaired) electrons. The summed E-state index contributed by atoms with van der Waals surface area (Å²) in [5.41, 5.74) is 1.38. The molecule has 0 unspecified atom stereocenters. The van der Waals surface area contributed by atoms with Gasteiger partial charge in [0.2, 0.25) is 5.91 Å². The molecular weight excluding hydrogens is 372 g/mol. The minimum Gasteiger partial charge on any atom is -0.410 e. The Morgan fingerprint density at radius 1 is 1.50 bits per heavy atom. The molecule has 2 heterocycles. The molecule has 9 heteroatoms. The van der Waals surface area contributed by atoms with Crippen molar-refractivity contribution in [1.29, 1.82) is 0 Å². The van der Waals surface area contributed by atoms with Crippen LogP contribution in [0.25, 0.3) is 10.8 Å². The third kappa shape index (κ3) is 4.73. The smallest absolute Gasteiger partial charge is 0.321 e. The maximum atomic E-state index is 11.7. The number of rotatable bonds is 6. The number of thiophene rings is 1. The van der Waals surface area contributed by atoms with Gasteiger partial charge in [-0.15, -0.1) is 28.1 Å². The molecule has 0 bridgehead atoms. The van der Waals surface area contributed by atoms with Gasteiger partial charge in [-0.25, -0.2) is 4.79 Å². The Bertz CT molecular complexity index is 815. The molecule has 3 rings (SSSR count). The zero-order chi connectivity index (χ0) is 18.5. The Kier molecular flexibility index (Phi) is 6.10. The van der Waals surface area contributed by atoms with Crippen LogP contribution in [0.4, 0.5) is 4.79 Å². The molecule has 2 aromatic rings. The SMILES string of the molecule is C=CCNC(=O)NC(=O)CSc1nnc(-c2cc3c(s2)CC[C@H](C)C3)o1. The molecular formula is C17H20N4O3S2. The van der Waals surface area contributed by atoms with Gasteiger partial charge < -0.3 is 9.73 Å². The number of aromatic nitrogens is 2. The first-order chi connectivity index (χ1) is 12.5. The van der Waals surface area contributed by atoms with Crippen molar-refractivity contribution >= 4 is 35.0 Å². The van der Waals surface area contributed by atoms with Crippen molar-refractivity contribution in [2.45, 2.75) is 31.4 Å². The molecule has 0 spiro atoms. The molecule has 138 valence electrons. The molecule has 0 aliphatic heterocycles. The van der Waals surface area contributed by atoms with Crippen LogP contribution < -0.4 is 10.6 Å². The third-order valence-electron chi connectivity index (χ3n) is 3.93. The highest BCUT2D eigenvalue weighted by atomic mass is 32.2. The van der Waals surface area contributed by atoms with Crippen molar-refractivity contribution in [2.24, 2.45) is 5.92 Å². The van der Waals surface area contributed by atoms with Crippen LogP contribution >= 0.6 is 23.1 Å². The molecule has 0 aromatic carbocycles. The van der Waals surface area contributed by atoms with Gasteiger partial charge in [0, 0.05) is 11.4 Å². The van der Waals surface area contributed by atoms with E-state index < -0.39 is 11.9 Å². The van der Waals surface area contributed by atoms with Crippen molar-refractivity contribution in [3.8, 4) is 10.8 Å². The number of carbonyl (C=O) groups excluding carboxylic acids is 2. The van der Waals surface area contributed by atoms with Crippen molar-refractivity contribution in [1.82, 2.24) is 20.8 Å². The van der Waals surface area contributed by atoms with E-state index in [9.17, 15) is 9.59 Å². The van der Waals surface area contributed by atoms with Crippen molar-refractivity contribution in [3.63, 3.8) is 0 Å². The van der Waals surface area contributed by atoms with E-state index >= 15 is 0 Å². The molecule has 1 aliphatic rings. The molecule has 26 heavy (non-hydrogen) atoms. The topological polar surface area (TPSA) is 97.1 Å². The van der Waals surface area contributed by atoms with E-state index in [1.165, 1.54) is 22.9 Å². The lowest BCUT2D eigenvalue weighted by Gasteiger charge is -2.16. The summed E-state index contributed by atoms with van der Waals surface area (Å²) in [7, 11) is 0. The average molecular weight is 393 g/mol. The second-order valence-electron chi connectivity index (χ2n) is 6.12. The van der Waals surface area contributed by atoms with Gasteiger partial charge in [0.25, 0.3) is 11.1 Å². The lowest BCUT2D eigenvalue weighted by atomic mass is 9.90. The summed E-state index contributed by atoms with van der Waals surface area (Å²) in [4.78, 5) is 25.5. The first-order valence-electron chi connectivity index (χ1n) is 8.32. The summed E-state index contributed by atoms with van der Waals surface area (Å²) in [5.74, 6) is 0.767. The third-order valence-corrected chi connectivity index (χ3v) is 5.98. The van der Waals surface area contributed by atoms with Crippen LogP contribution in [0.1, 0.15) is 23.8 Å². The number of thioether (sulfide) groups is 1. The van der Waals surface area contributed by atoms with Crippen LogP contribution in [-0.4, -0.2) is 34.4 Å². The maximum Gasteiger partial charge on any atom is 0.321 e. The minimum absolute atomic E-state index is 0.0155. The Labute approximate surface area is 159 Å². The lowest BCUT2D eigenvalue weighted by Crippen LogP contribution is -2.40. The van der Waals surface area contributed by atoms with Crippen LogP contribution in [0.15, 0.2) is 28.4 Å². The van der Waals surface area contributed by atoms with Gasteiger partial charge in [-0.1, -0.05) is 24.8 Å². The summed E-state index contributed by atoms with van der Waals surface area (Å²) < 4.78 is 5.65. The van der Waals surface area contributed by atoms with Gasteiger partial charge >= 0.3 is 6.03 Å². The number of imide groups is 1. The van der Waals surface area contributed by atoms with E-state index in [0.29, 0.717) is 23.6 Å². The van der Waals surface area contributed by atoms with Gasteiger partial charge in [-0.05, 0) is 36.8 Å². The predicted molar refractivity (Wildman–Crippen MR) is 101 cm³/mol. The number of nitrogens with zero attached hydrogens (tertiary/aromatic N) is 2. The molecule has 3 amide bonds. The number of fused-ring (bicyclic) bond motifs is 1. The van der Waals surface area contributed by atoms with Crippen molar-refractivity contribution in [2.75, 3.05) is 12.3 Å². The van der Waals surface area contributed by atoms with E-state index in [-0.39, 0.29) is 5.75 Å². The normalized spacial score (nSPS) is 16.0. The highest BCUT2D eigenvalue weighted by Gasteiger charge is 2.21. The molecule has 2 aromatic heterocycles. The Balaban J connectivity index is 1.54. The number of aryl methyl sites for hydroxylation is 1. The quantitative estimate of drug-likeness (QED) is 0.579. The Hall–Kier alpha value is -2.13.